The molecule has 11 rings (SSSR count). The Labute approximate surface area is 369 Å². The van der Waals surface area contributed by atoms with Crippen molar-refractivity contribution in [2.24, 2.45) is 0 Å². The highest BCUT2D eigenvalue weighted by Gasteiger charge is 2.36. The molecular weight excluding hydrogens is 761 g/mol. The van der Waals surface area contributed by atoms with Gasteiger partial charge >= 0.3 is 0 Å². The second-order valence-corrected chi connectivity index (χ2v) is 17.0. The Hall–Kier alpha value is -7.94. The Morgan fingerprint density at radius 2 is 0.667 bits per heavy atom. The maximum absolute atomic E-state index is 5.23. The van der Waals surface area contributed by atoms with Gasteiger partial charge in [0, 0.05) is 22.1 Å². The van der Waals surface area contributed by atoms with Crippen molar-refractivity contribution in [1.29, 1.82) is 0 Å². The summed E-state index contributed by atoms with van der Waals surface area (Å²) in [5.41, 5.74) is 22.0. The topological polar surface area (TPSA) is 25.8 Å². The van der Waals surface area contributed by atoms with Gasteiger partial charge in [0.1, 0.15) is 0 Å². The van der Waals surface area contributed by atoms with Gasteiger partial charge in [-0.05, 0) is 108 Å². The van der Waals surface area contributed by atoms with Gasteiger partial charge in [-0.2, -0.15) is 0 Å². The molecule has 9 aromatic carbocycles. The quantitative estimate of drug-likeness (QED) is 0.153. The summed E-state index contributed by atoms with van der Waals surface area (Å²) in [6.45, 7) is 4.72. The van der Waals surface area contributed by atoms with E-state index in [0.717, 1.165) is 39.2 Å². The molecule has 0 aliphatic heterocycles. The third-order valence-corrected chi connectivity index (χ3v) is 12.7. The van der Waals surface area contributed by atoms with E-state index in [1.807, 2.05) is 12.1 Å². The average molecular weight is 805 g/mol. The molecule has 0 N–H and O–H groups in total. The first-order valence-electron chi connectivity index (χ1n) is 21.7. The van der Waals surface area contributed by atoms with E-state index in [-0.39, 0.29) is 5.41 Å². The number of aromatic nitrogens is 2. The molecule has 0 saturated carbocycles. The molecule has 2 nitrogen and oxygen atoms in total. The zero-order valence-electron chi connectivity index (χ0n) is 35.3. The van der Waals surface area contributed by atoms with Gasteiger partial charge in [-0.15, -0.1) is 0 Å². The fourth-order valence-corrected chi connectivity index (χ4v) is 9.35. The van der Waals surface area contributed by atoms with Crippen LogP contribution in [0.5, 0.6) is 0 Å². The molecule has 298 valence electrons. The van der Waals surface area contributed by atoms with Crippen LogP contribution in [0.25, 0.3) is 101 Å². The molecule has 0 bridgehead atoms. The zero-order chi connectivity index (χ0) is 42.3. The van der Waals surface area contributed by atoms with Gasteiger partial charge in [0.2, 0.25) is 0 Å². The van der Waals surface area contributed by atoms with Crippen molar-refractivity contribution < 1.29 is 0 Å². The molecule has 1 aliphatic rings. The van der Waals surface area contributed by atoms with Crippen molar-refractivity contribution in [2.75, 3.05) is 0 Å². The molecule has 0 radical (unpaired) electrons. The third kappa shape index (κ3) is 7.16. The SMILES string of the molecule is CC1(C)c2ccccc2-c2cc(-c3ccc(-c4ccccc4)cc3)c(-c3cccc(-c4cccc(-c5nc(-c6ccccc6)cc(-c6ccc(-c7ccccc7)cc6)n5)c4)c3)cc21. The highest BCUT2D eigenvalue weighted by Crippen LogP contribution is 2.52. The van der Waals surface area contributed by atoms with Crippen molar-refractivity contribution in [2.45, 2.75) is 19.3 Å². The van der Waals surface area contributed by atoms with Crippen LogP contribution >= 0.6 is 0 Å². The van der Waals surface area contributed by atoms with Crippen LogP contribution in [0, 0.1) is 0 Å². The van der Waals surface area contributed by atoms with Crippen molar-refractivity contribution in [3.05, 3.63) is 242 Å². The molecule has 1 heterocycles. The first-order chi connectivity index (χ1) is 31.0. The molecule has 0 fully saturated rings. The number of benzene rings is 9. The number of fused-ring (bicyclic) bond motifs is 3. The number of nitrogens with zero attached hydrogens (tertiary/aromatic N) is 2. The van der Waals surface area contributed by atoms with Gasteiger partial charge in [0.05, 0.1) is 11.4 Å². The molecule has 0 atom stereocenters. The van der Waals surface area contributed by atoms with Crippen LogP contribution in [0.15, 0.2) is 231 Å². The van der Waals surface area contributed by atoms with Crippen molar-refractivity contribution >= 4 is 0 Å². The summed E-state index contributed by atoms with van der Waals surface area (Å²) in [5, 5.41) is 0. The minimum atomic E-state index is -0.126. The molecule has 10 aromatic rings. The van der Waals surface area contributed by atoms with Gasteiger partial charge in [0.25, 0.3) is 0 Å². The summed E-state index contributed by atoms with van der Waals surface area (Å²) < 4.78 is 0. The standard InChI is InChI=1S/C61H44N2/c1-61(2)56-27-13-12-26-52(56)55-38-53(45-32-28-43(29-33-45)41-16-6-3-7-17-41)54(39-57(55)61)50-24-14-22-48(36-50)49-23-15-25-51(37-49)60-62-58(46-20-10-5-11-21-46)40-59(63-60)47-34-30-44(31-35-47)42-18-8-4-9-19-42/h3-40H,1-2H3. The Kier molecular flexibility index (Phi) is 9.55. The highest BCUT2D eigenvalue weighted by molar-refractivity contribution is 5.93. The Morgan fingerprint density at radius 3 is 1.27 bits per heavy atom. The van der Waals surface area contributed by atoms with Crippen molar-refractivity contribution in [1.82, 2.24) is 9.97 Å². The first-order valence-corrected chi connectivity index (χ1v) is 21.7. The lowest BCUT2D eigenvalue weighted by atomic mass is 9.80. The Bertz CT molecular complexity index is 3260. The summed E-state index contributed by atoms with van der Waals surface area (Å²) in [6, 6.07) is 82.8. The maximum atomic E-state index is 5.23. The molecular formula is C61H44N2. The first kappa shape index (κ1) is 38.0. The van der Waals surface area contributed by atoms with Crippen molar-refractivity contribution in [3.8, 4) is 101 Å². The molecule has 1 aromatic heterocycles. The normalized spacial score (nSPS) is 12.4. The van der Waals surface area contributed by atoms with E-state index in [1.54, 1.807) is 0 Å². The van der Waals surface area contributed by atoms with Gasteiger partial charge in [-0.1, -0.05) is 214 Å². The van der Waals surface area contributed by atoms with E-state index in [9.17, 15) is 0 Å². The number of hydrogen-bond acceptors (Lipinski definition) is 2. The molecule has 0 unspecified atom stereocenters. The molecule has 63 heavy (non-hydrogen) atoms. The molecule has 2 heteroatoms. The van der Waals surface area contributed by atoms with Crippen LogP contribution in [0.2, 0.25) is 0 Å². The van der Waals surface area contributed by atoms with E-state index >= 15 is 0 Å². The van der Waals surface area contributed by atoms with Gasteiger partial charge in [-0.25, -0.2) is 9.97 Å². The largest absolute Gasteiger partial charge is 0.228 e. The number of rotatable bonds is 8. The minimum absolute atomic E-state index is 0.126. The van der Waals surface area contributed by atoms with Gasteiger partial charge in [0.15, 0.2) is 5.82 Å². The van der Waals surface area contributed by atoms with Crippen LogP contribution < -0.4 is 0 Å². The van der Waals surface area contributed by atoms with Crippen LogP contribution in [0.3, 0.4) is 0 Å². The predicted molar refractivity (Wildman–Crippen MR) is 263 cm³/mol. The van der Waals surface area contributed by atoms with E-state index in [0.29, 0.717) is 5.82 Å². The second kappa shape index (κ2) is 15.8. The average Bonchev–Trinajstić information content (AvgIpc) is 3.59. The van der Waals surface area contributed by atoms with E-state index in [4.69, 9.17) is 9.97 Å². The molecule has 0 spiro atoms. The lowest BCUT2D eigenvalue weighted by Gasteiger charge is -2.23. The Morgan fingerprint density at radius 1 is 0.254 bits per heavy atom. The van der Waals surface area contributed by atoms with E-state index in [2.05, 4.69) is 232 Å². The zero-order valence-corrected chi connectivity index (χ0v) is 35.3. The third-order valence-electron chi connectivity index (χ3n) is 12.7. The minimum Gasteiger partial charge on any atom is -0.228 e. The van der Waals surface area contributed by atoms with Crippen LogP contribution in [0.1, 0.15) is 25.0 Å². The van der Waals surface area contributed by atoms with E-state index in [1.165, 1.54) is 66.8 Å². The summed E-state index contributed by atoms with van der Waals surface area (Å²) in [7, 11) is 0. The maximum Gasteiger partial charge on any atom is 0.160 e. The summed E-state index contributed by atoms with van der Waals surface area (Å²) >= 11 is 0. The fourth-order valence-electron chi connectivity index (χ4n) is 9.35. The highest BCUT2D eigenvalue weighted by atomic mass is 14.9. The molecule has 0 saturated heterocycles. The van der Waals surface area contributed by atoms with E-state index < -0.39 is 0 Å². The Balaban J connectivity index is 1.00. The monoisotopic (exact) mass is 804 g/mol. The predicted octanol–water partition coefficient (Wildman–Crippen LogP) is 16.1. The van der Waals surface area contributed by atoms with Crippen LogP contribution in [-0.4, -0.2) is 9.97 Å². The molecule has 0 amide bonds. The second-order valence-electron chi connectivity index (χ2n) is 17.0. The summed E-state index contributed by atoms with van der Waals surface area (Å²) in [5.74, 6) is 0.693. The van der Waals surface area contributed by atoms with Crippen molar-refractivity contribution in [3.63, 3.8) is 0 Å². The van der Waals surface area contributed by atoms with Gasteiger partial charge < -0.3 is 0 Å². The lowest BCUT2D eigenvalue weighted by Crippen LogP contribution is -2.15. The lowest BCUT2D eigenvalue weighted by molar-refractivity contribution is 0.660. The smallest absolute Gasteiger partial charge is 0.160 e. The van der Waals surface area contributed by atoms with Crippen LogP contribution in [-0.2, 0) is 5.41 Å². The summed E-state index contributed by atoms with van der Waals surface area (Å²) in [6.07, 6.45) is 0. The van der Waals surface area contributed by atoms with Crippen LogP contribution in [0.4, 0.5) is 0 Å². The molecule has 1 aliphatic carbocycles. The summed E-state index contributed by atoms with van der Waals surface area (Å²) in [4.78, 5) is 10.4. The fraction of sp³-hybridized carbons (Fsp3) is 0.0492. The number of hydrogen-bond donors (Lipinski definition) is 0. The van der Waals surface area contributed by atoms with Gasteiger partial charge in [-0.3, -0.25) is 0 Å².